The summed E-state index contributed by atoms with van der Waals surface area (Å²) in [5.41, 5.74) is 8.41. The molecule has 92 valence electrons. The third-order valence-electron chi connectivity index (χ3n) is 3.19. The molecule has 0 fully saturated rings. The molecule has 1 unspecified atom stereocenters. The lowest BCUT2D eigenvalue weighted by molar-refractivity contribution is 0.675. The van der Waals surface area contributed by atoms with E-state index in [2.05, 4.69) is 27.1 Å². The van der Waals surface area contributed by atoms with E-state index in [0.29, 0.717) is 0 Å². The molecule has 0 amide bonds. The molecule has 3 aromatic rings. The van der Waals surface area contributed by atoms with Crippen LogP contribution in [0.15, 0.2) is 41.8 Å². The van der Waals surface area contributed by atoms with Crippen LogP contribution in [0.4, 0.5) is 0 Å². The van der Waals surface area contributed by atoms with Crippen LogP contribution in [0.5, 0.6) is 0 Å². The number of aromatic nitrogens is 2. The standard InChI is InChI=1S/C14H15N3S/c1-17-12-6-3-2-5-11(12)16-14(17)9-10(15)13-7-4-8-18-13/h2-8,10H,9,15H2,1H3. The van der Waals surface area contributed by atoms with Crippen LogP contribution in [0, 0.1) is 0 Å². The Bertz CT molecular complexity index is 655. The third-order valence-corrected chi connectivity index (χ3v) is 4.20. The van der Waals surface area contributed by atoms with Gasteiger partial charge in [0.15, 0.2) is 0 Å². The van der Waals surface area contributed by atoms with Crippen LogP contribution in [0.1, 0.15) is 16.7 Å². The first-order valence-corrected chi connectivity index (χ1v) is 6.83. The van der Waals surface area contributed by atoms with Crippen molar-refractivity contribution in [1.82, 2.24) is 9.55 Å². The molecule has 0 spiro atoms. The second-order valence-electron chi connectivity index (χ2n) is 4.40. The average molecular weight is 257 g/mol. The van der Waals surface area contributed by atoms with Gasteiger partial charge in [0.1, 0.15) is 5.82 Å². The Balaban J connectivity index is 1.93. The minimum atomic E-state index is 0.0283. The van der Waals surface area contributed by atoms with Crippen molar-refractivity contribution in [3.05, 3.63) is 52.5 Å². The lowest BCUT2D eigenvalue weighted by Gasteiger charge is -2.09. The number of hydrogen-bond donors (Lipinski definition) is 1. The SMILES string of the molecule is Cn1c(CC(N)c2cccs2)nc2ccccc21. The van der Waals surface area contributed by atoms with Gasteiger partial charge in [0.2, 0.25) is 0 Å². The molecule has 0 aliphatic heterocycles. The first kappa shape index (κ1) is 11.4. The predicted molar refractivity (Wildman–Crippen MR) is 75.7 cm³/mol. The van der Waals surface area contributed by atoms with Crippen LogP contribution in [-0.4, -0.2) is 9.55 Å². The fourth-order valence-corrected chi connectivity index (χ4v) is 2.91. The zero-order valence-electron chi connectivity index (χ0n) is 10.2. The predicted octanol–water partition coefficient (Wildman–Crippen LogP) is 2.88. The van der Waals surface area contributed by atoms with Crippen molar-refractivity contribution in [1.29, 1.82) is 0 Å². The molecular weight excluding hydrogens is 242 g/mol. The summed E-state index contributed by atoms with van der Waals surface area (Å²) >= 11 is 1.70. The minimum Gasteiger partial charge on any atom is -0.331 e. The Hall–Kier alpha value is -1.65. The quantitative estimate of drug-likeness (QED) is 0.784. The largest absolute Gasteiger partial charge is 0.331 e. The maximum atomic E-state index is 6.22. The normalized spacial score (nSPS) is 13.0. The van der Waals surface area contributed by atoms with Crippen LogP contribution in [-0.2, 0) is 13.5 Å². The topological polar surface area (TPSA) is 43.8 Å². The average Bonchev–Trinajstić information content (AvgIpc) is 3.00. The summed E-state index contributed by atoms with van der Waals surface area (Å²) in [4.78, 5) is 5.86. The van der Waals surface area contributed by atoms with Gasteiger partial charge in [-0.15, -0.1) is 11.3 Å². The van der Waals surface area contributed by atoms with E-state index in [1.54, 1.807) is 11.3 Å². The number of para-hydroxylation sites is 2. The van der Waals surface area contributed by atoms with E-state index >= 15 is 0 Å². The van der Waals surface area contributed by atoms with E-state index in [9.17, 15) is 0 Å². The van der Waals surface area contributed by atoms with Crippen molar-refractivity contribution in [2.24, 2.45) is 12.8 Å². The number of thiophene rings is 1. The van der Waals surface area contributed by atoms with Crippen LogP contribution in [0.2, 0.25) is 0 Å². The van der Waals surface area contributed by atoms with E-state index in [-0.39, 0.29) is 6.04 Å². The molecule has 2 N–H and O–H groups in total. The van der Waals surface area contributed by atoms with Gasteiger partial charge in [0.25, 0.3) is 0 Å². The van der Waals surface area contributed by atoms with E-state index in [4.69, 9.17) is 5.73 Å². The lowest BCUT2D eigenvalue weighted by atomic mass is 10.2. The van der Waals surface area contributed by atoms with Crippen molar-refractivity contribution in [2.45, 2.75) is 12.5 Å². The molecule has 0 saturated carbocycles. The number of hydrogen-bond acceptors (Lipinski definition) is 3. The van der Waals surface area contributed by atoms with Gasteiger partial charge >= 0.3 is 0 Å². The molecule has 0 saturated heterocycles. The van der Waals surface area contributed by atoms with E-state index in [0.717, 1.165) is 23.3 Å². The van der Waals surface area contributed by atoms with Crippen molar-refractivity contribution in [2.75, 3.05) is 0 Å². The van der Waals surface area contributed by atoms with E-state index < -0.39 is 0 Å². The highest BCUT2D eigenvalue weighted by molar-refractivity contribution is 7.10. The van der Waals surface area contributed by atoms with Crippen LogP contribution in [0.25, 0.3) is 11.0 Å². The summed E-state index contributed by atoms with van der Waals surface area (Å²) in [6.07, 6.45) is 0.770. The first-order valence-electron chi connectivity index (χ1n) is 5.95. The van der Waals surface area contributed by atoms with E-state index in [1.165, 1.54) is 4.88 Å². The fourth-order valence-electron chi connectivity index (χ4n) is 2.18. The van der Waals surface area contributed by atoms with E-state index in [1.807, 2.05) is 31.3 Å². The van der Waals surface area contributed by atoms with Crippen molar-refractivity contribution in [3.8, 4) is 0 Å². The Morgan fingerprint density at radius 2 is 2.11 bits per heavy atom. The van der Waals surface area contributed by atoms with Gasteiger partial charge in [0, 0.05) is 24.4 Å². The number of nitrogens with two attached hydrogens (primary N) is 1. The fraction of sp³-hybridized carbons (Fsp3) is 0.214. The molecule has 18 heavy (non-hydrogen) atoms. The van der Waals surface area contributed by atoms with Gasteiger partial charge in [-0.1, -0.05) is 18.2 Å². The Morgan fingerprint density at radius 1 is 1.28 bits per heavy atom. The van der Waals surface area contributed by atoms with Gasteiger partial charge in [0.05, 0.1) is 11.0 Å². The minimum absolute atomic E-state index is 0.0283. The first-order chi connectivity index (χ1) is 8.75. The molecule has 0 aliphatic rings. The van der Waals surface area contributed by atoms with Crippen molar-refractivity contribution in [3.63, 3.8) is 0 Å². The Labute approximate surface area is 110 Å². The van der Waals surface area contributed by atoms with Gasteiger partial charge in [-0.05, 0) is 23.6 Å². The number of fused-ring (bicyclic) bond motifs is 1. The third kappa shape index (κ3) is 1.94. The van der Waals surface area contributed by atoms with Crippen LogP contribution >= 0.6 is 11.3 Å². The Morgan fingerprint density at radius 3 is 2.83 bits per heavy atom. The number of aryl methyl sites for hydroxylation is 1. The second-order valence-corrected chi connectivity index (χ2v) is 5.38. The lowest BCUT2D eigenvalue weighted by Crippen LogP contribution is -2.14. The Kier molecular flexibility index (Phi) is 2.89. The van der Waals surface area contributed by atoms with Crippen molar-refractivity contribution < 1.29 is 0 Å². The summed E-state index contributed by atoms with van der Waals surface area (Å²) in [5, 5.41) is 2.06. The number of imidazole rings is 1. The monoisotopic (exact) mass is 257 g/mol. The number of rotatable bonds is 3. The zero-order chi connectivity index (χ0) is 12.5. The van der Waals surface area contributed by atoms with Gasteiger partial charge in [-0.2, -0.15) is 0 Å². The van der Waals surface area contributed by atoms with Crippen molar-refractivity contribution >= 4 is 22.4 Å². The summed E-state index contributed by atoms with van der Waals surface area (Å²) in [5.74, 6) is 1.04. The highest BCUT2D eigenvalue weighted by Crippen LogP contribution is 2.22. The molecule has 0 radical (unpaired) electrons. The molecule has 1 aromatic carbocycles. The van der Waals surface area contributed by atoms with Crippen LogP contribution in [0.3, 0.4) is 0 Å². The summed E-state index contributed by atoms with van der Waals surface area (Å²) in [6, 6.07) is 12.3. The molecular formula is C14H15N3S. The molecule has 2 heterocycles. The zero-order valence-corrected chi connectivity index (χ0v) is 11.0. The maximum absolute atomic E-state index is 6.22. The molecule has 3 rings (SSSR count). The van der Waals surface area contributed by atoms with Crippen LogP contribution < -0.4 is 5.73 Å². The molecule has 0 bridgehead atoms. The number of benzene rings is 1. The molecule has 4 heteroatoms. The molecule has 1 atom stereocenters. The maximum Gasteiger partial charge on any atom is 0.111 e. The highest BCUT2D eigenvalue weighted by Gasteiger charge is 2.13. The highest BCUT2D eigenvalue weighted by atomic mass is 32.1. The van der Waals surface area contributed by atoms with Gasteiger partial charge < -0.3 is 10.3 Å². The summed E-state index contributed by atoms with van der Waals surface area (Å²) in [7, 11) is 2.05. The smallest absolute Gasteiger partial charge is 0.111 e. The molecule has 2 aromatic heterocycles. The molecule has 3 nitrogen and oxygen atoms in total. The van der Waals surface area contributed by atoms with Gasteiger partial charge in [-0.3, -0.25) is 0 Å². The summed E-state index contributed by atoms with van der Waals surface area (Å²) in [6.45, 7) is 0. The number of nitrogens with zero attached hydrogens (tertiary/aromatic N) is 2. The second kappa shape index (κ2) is 4.55. The van der Waals surface area contributed by atoms with Gasteiger partial charge in [-0.25, -0.2) is 4.98 Å². The summed E-state index contributed by atoms with van der Waals surface area (Å²) < 4.78 is 2.13. The molecule has 0 aliphatic carbocycles.